The summed E-state index contributed by atoms with van der Waals surface area (Å²) in [6.45, 7) is 8.49. The highest BCUT2D eigenvalue weighted by Gasteiger charge is 2.28. The third-order valence-corrected chi connectivity index (χ3v) is 5.93. The van der Waals surface area contributed by atoms with Crippen LogP contribution in [0.15, 0.2) is 34.0 Å². The second kappa shape index (κ2) is 10.9. The van der Waals surface area contributed by atoms with Gasteiger partial charge >= 0.3 is 0 Å². The molecule has 1 N–H and O–H groups in total. The van der Waals surface area contributed by atoms with Crippen LogP contribution in [-0.4, -0.2) is 58.1 Å². The van der Waals surface area contributed by atoms with Gasteiger partial charge in [-0.15, -0.1) is 0 Å². The number of rotatable bonds is 8. The van der Waals surface area contributed by atoms with E-state index in [1.807, 2.05) is 11.8 Å². The molecule has 0 spiro atoms. The lowest BCUT2D eigenvalue weighted by atomic mass is 10.1. The first-order valence-corrected chi connectivity index (χ1v) is 11.7. The van der Waals surface area contributed by atoms with Crippen LogP contribution in [0, 0.1) is 5.92 Å². The molecule has 1 unspecified atom stereocenters. The van der Waals surface area contributed by atoms with Crippen LogP contribution in [0.3, 0.4) is 0 Å². The minimum Gasteiger partial charge on any atom is -0.467 e. The van der Waals surface area contributed by atoms with Gasteiger partial charge in [-0.1, -0.05) is 37.2 Å². The number of carbonyl (C=O) groups is 2. The molecule has 2 aromatic rings. The van der Waals surface area contributed by atoms with E-state index >= 15 is 0 Å². The number of halogens is 1. The summed E-state index contributed by atoms with van der Waals surface area (Å²) in [6.07, 6.45) is 2.13. The van der Waals surface area contributed by atoms with Crippen LogP contribution in [0.5, 0.6) is 0 Å². The number of furan rings is 1. The molecule has 1 atom stereocenters. The molecule has 2 aromatic heterocycles. The van der Waals surface area contributed by atoms with Crippen LogP contribution in [0.1, 0.15) is 33.0 Å². The Morgan fingerprint density at radius 3 is 2.84 bits per heavy atom. The molecule has 1 aliphatic heterocycles. The SMILES string of the molecule is CC(C)CC(=O)N1CCN(c2cc(Cl)nc(SCC(=O)NCc3ccco3)n2)CC1C. The van der Waals surface area contributed by atoms with Crippen molar-refractivity contribution in [2.75, 3.05) is 30.3 Å². The van der Waals surface area contributed by atoms with E-state index in [2.05, 4.69) is 34.0 Å². The molecular weight excluding hydrogens is 438 g/mol. The van der Waals surface area contributed by atoms with Gasteiger partial charge in [-0.3, -0.25) is 9.59 Å². The van der Waals surface area contributed by atoms with Crippen LogP contribution in [0.2, 0.25) is 5.15 Å². The lowest BCUT2D eigenvalue weighted by molar-refractivity contribution is -0.134. The summed E-state index contributed by atoms with van der Waals surface area (Å²) in [5.74, 6) is 1.97. The molecule has 0 aromatic carbocycles. The smallest absolute Gasteiger partial charge is 0.230 e. The molecule has 1 fully saturated rings. The lowest BCUT2D eigenvalue weighted by Crippen LogP contribution is -2.54. The van der Waals surface area contributed by atoms with Crippen LogP contribution < -0.4 is 10.2 Å². The summed E-state index contributed by atoms with van der Waals surface area (Å²) in [5.41, 5.74) is 0. The molecule has 168 valence electrons. The van der Waals surface area contributed by atoms with Crippen molar-refractivity contribution in [1.82, 2.24) is 20.2 Å². The van der Waals surface area contributed by atoms with Gasteiger partial charge in [0.1, 0.15) is 16.7 Å². The van der Waals surface area contributed by atoms with E-state index < -0.39 is 0 Å². The number of piperazine rings is 1. The van der Waals surface area contributed by atoms with Gasteiger partial charge in [0.15, 0.2) is 5.16 Å². The minimum absolute atomic E-state index is 0.0808. The standard InChI is InChI=1S/C21H28ClN5O3S/c1-14(2)9-20(29)27-7-6-26(12-15(27)3)18-10-17(22)24-21(25-18)31-13-19(28)23-11-16-5-4-8-30-16/h4-5,8,10,14-15H,6-7,9,11-13H2,1-3H3,(H,23,28). The Labute approximate surface area is 191 Å². The number of aromatic nitrogens is 2. The number of hydrogen-bond acceptors (Lipinski definition) is 7. The van der Waals surface area contributed by atoms with Crippen molar-refractivity contribution >= 4 is 41.0 Å². The zero-order valence-corrected chi connectivity index (χ0v) is 19.6. The van der Waals surface area contributed by atoms with Gasteiger partial charge in [-0.05, 0) is 25.0 Å². The van der Waals surface area contributed by atoms with E-state index in [4.69, 9.17) is 16.0 Å². The van der Waals surface area contributed by atoms with E-state index in [-0.39, 0.29) is 23.6 Å². The van der Waals surface area contributed by atoms with Crippen LogP contribution in [-0.2, 0) is 16.1 Å². The lowest BCUT2D eigenvalue weighted by Gasteiger charge is -2.40. The minimum atomic E-state index is -0.141. The molecule has 31 heavy (non-hydrogen) atoms. The van der Waals surface area contributed by atoms with Gasteiger partial charge < -0.3 is 19.5 Å². The Kier molecular flexibility index (Phi) is 8.20. The molecule has 2 amide bonds. The van der Waals surface area contributed by atoms with Crippen molar-refractivity contribution in [3.8, 4) is 0 Å². The molecule has 8 nitrogen and oxygen atoms in total. The molecule has 1 saturated heterocycles. The van der Waals surface area contributed by atoms with Crippen molar-refractivity contribution in [3.05, 3.63) is 35.4 Å². The summed E-state index contributed by atoms with van der Waals surface area (Å²) in [6, 6.07) is 5.38. The van der Waals surface area contributed by atoms with Gasteiger partial charge in [0, 0.05) is 38.2 Å². The number of nitrogens with one attached hydrogen (secondary N) is 1. The van der Waals surface area contributed by atoms with Gasteiger partial charge in [-0.25, -0.2) is 9.97 Å². The van der Waals surface area contributed by atoms with E-state index in [9.17, 15) is 9.59 Å². The van der Waals surface area contributed by atoms with E-state index in [1.165, 1.54) is 11.8 Å². The number of hydrogen-bond donors (Lipinski definition) is 1. The van der Waals surface area contributed by atoms with Crippen LogP contribution in [0.25, 0.3) is 0 Å². The maximum atomic E-state index is 12.5. The highest BCUT2D eigenvalue weighted by atomic mass is 35.5. The number of nitrogens with zero attached hydrogens (tertiary/aromatic N) is 4. The summed E-state index contributed by atoms with van der Waals surface area (Å²) in [5, 5.41) is 3.57. The monoisotopic (exact) mass is 465 g/mol. The van der Waals surface area contributed by atoms with Crippen molar-refractivity contribution in [1.29, 1.82) is 0 Å². The highest BCUT2D eigenvalue weighted by Crippen LogP contribution is 2.24. The molecular formula is C21H28ClN5O3S. The first-order valence-electron chi connectivity index (χ1n) is 10.3. The Morgan fingerprint density at radius 2 is 2.16 bits per heavy atom. The van der Waals surface area contributed by atoms with E-state index in [0.717, 1.165) is 0 Å². The predicted molar refractivity (Wildman–Crippen MR) is 121 cm³/mol. The third-order valence-electron chi connectivity index (χ3n) is 4.89. The van der Waals surface area contributed by atoms with Crippen LogP contribution >= 0.6 is 23.4 Å². The van der Waals surface area contributed by atoms with Gasteiger partial charge in [0.25, 0.3) is 0 Å². The van der Waals surface area contributed by atoms with Crippen molar-refractivity contribution in [2.24, 2.45) is 5.92 Å². The Hall–Kier alpha value is -2.26. The molecule has 0 aliphatic carbocycles. The van der Waals surface area contributed by atoms with Crippen molar-refractivity contribution in [3.63, 3.8) is 0 Å². The fourth-order valence-electron chi connectivity index (χ4n) is 3.39. The van der Waals surface area contributed by atoms with Crippen molar-refractivity contribution in [2.45, 2.75) is 44.9 Å². The zero-order chi connectivity index (χ0) is 22.4. The number of amides is 2. The quantitative estimate of drug-likeness (QED) is 0.363. The first kappa shape index (κ1) is 23.4. The number of thioether (sulfide) groups is 1. The normalized spacial score (nSPS) is 16.6. The van der Waals surface area contributed by atoms with E-state index in [1.54, 1.807) is 24.5 Å². The fourth-order valence-corrected chi connectivity index (χ4v) is 4.31. The largest absolute Gasteiger partial charge is 0.467 e. The summed E-state index contributed by atoms with van der Waals surface area (Å²) < 4.78 is 5.20. The Bertz CT molecular complexity index is 893. The molecule has 0 bridgehead atoms. The third kappa shape index (κ3) is 6.87. The second-order valence-corrected chi connectivity index (χ2v) is 9.29. The number of carbonyl (C=O) groups excluding carboxylic acids is 2. The first-order chi connectivity index (χ1) is 14.8. The molecule has 3 rings (SSSR count). The predicted octanol–water partition coefficient (Wildman–Crippen LogP) is 3.21. The molecule has 1 aliphatic rings. The van der Waals surface area contributed by atoms with E-state index in [0.29, 0.717) is 60.4 Å². The fraction of sp³-hybridized carbons (Fsp3) is 0.524. The second-order valence-electron chi connectivity index (χ2n) is 7.96. The Morgan fingerprint density at radius 1 is 1.35 bits per heavy atom. The maximum absolute atomic E-state index is 12.5. The van der Waals surface area contributed by atoms with Gasteiger partial charge in [0.2, 0.25) is 11.8 Å². The van der Waals surface area contributed by atoms with Gasteiger partial charge in [0.05, 0.1) is 18.6 Å². The zero-order valence-electron chi connectivity index (χ0n) is 18.0. The topological polar surface area (TPSA) is 91.6 Å². The van der Waals surface area contributed by atoms with Crippen LogP contribution in [0.4, 0.5) is 5.82 Å². The maximum Gasteiger partial charge on any atom is 0.230 e. The molecule has 0 saturated carbocycles. The summed E-state index contributed by atoms with van der Waals surface area (Å²) >= 11 is 7.45. The average molecular weight is 466 g/mol. The molecule has 3 heterocycles. The van der Waals surface area contributed by atoms with Crippen molar-refractivity contribution < 1.29 is 14.0 Å². The Balaban J connectivity index is 1.55. The molecule has 0 radical (unpaired) electrons. The summed E-state index contributed by atoms with van der Waals surface area (Å²) in [7, 11) is 0. The number of anilines is 1. The average Bonchev–Trinajstić information content (AvgIpc) is 3.23. The van der Waals surface area contributed by atoms with Gasteiger partial charge in [-0.2, -0.15) is 0 Å². The molecule has 10 heteroatoms. The summed E-state index contributed by atoms with van der Waals surface area (Å²) in [4.78, 5) is 37.4. The highest BCUT2D eigenvalue weighted by molar-refractivity contribution is 7.99.